The summed E-state index contributed by atoms with van der Waals surface area (Å²) in [5, 5.41) is 6.62. The van der Waals surface area contributed by atoms with E-state index in [1.807, 2.05) is 0 Å². The van der Waals surface area contributed by atoms with E-state index in [0.717, 1.165) is 32.7 Å². The van der Waals surface area contributed by atoms with Gasteiger partial charge < -0.3 is 10.6 Å². The van der Waals surface area contributed by atoms with Gasteiger partial charge in [-0.3, -0.25) is 9.69 Å². The molecule has 4 heteroatoms. The molecule has 2 fully saturated rings. The van der Waals surface area contributed by atoms with E-state index in [1.54, 1.807) is 0 Å². The lowest BCUT2D eigenvalue weighted by Gasteiger charge is -2.47. The van der Waals surface area contributed by atoms with Gasteiger partial charge in [-0.1, -0.05) is 13.8 Å². The van der Waals surface area contributed by atoms with Gasteiger partial charge in [0, 0.05) is 19.6 Å². The van der Waals surface area contributed by atoms with Crippen molar-refractivity contribution < 1.29 is 4.79 Å². The van der Waals surface area contributed by atoms with Crippen LogP contribution in [0.4, 0.5) is 0 Å². The van der Waals surface area contributed by atoms with Crippen LogP contribution in [0.3, 0.4) is 0 Å². The van der Waals surface area contributed by atoms with Crippen molar-refractivity contribution in [1.29, 1.82) is 0 Å². The Kier molecular flexibility index (Phi) is 5.44. The second kappa shape index (κ2) is 6.90. The largest absolute Gasteiger partial charge is 0.354 e. The minimum atomic E-state index is 0.00727. The maximum Gasteiger partial charge on any atom is 0.237 e. The van der Waals surface area contributed by atoms with Crippen LogP contribution < -0.4 is 10.6 Å². The van der Waals surface area contributed by atoms with Crippen LogP contribution in [0.2, 0.25) is 0 Å². The maximum atomic E-state index is 12.2. The Balaban J connectivity index is 1.89. The van der Waals surface area contributed by atoms with Crippen molar-refractivity contribution in [3.8, 4) is 0 Å². The fourth-order valence-electron chi connectivity index (χ4n) is 3.57. The van der Waals surface area contributed by atoms with Crippen molar-refractivity contribution in [2.24, 2.45) is 11.3 Å². The zero-order valence-electron chi connectivity index (χ0n) is 13.4. The zero-order chi connectivity index (χ0) is 14.6. The molecule has 0 saturated carbocycles. The summed E-state index contributed by atoms with van der Waals surface area (Å²) in [6.45, 7) is 11.5. The minimum absolute atomic E-state index is 0.00727. The number of amides is 1. The first-order valence-corrected chi connectivity index (χ1v) is 8.25. The van der Waals surface area contributed by atoms with Gasteiger partial charge in [-0.15, -0.1) is 0 Å². The van der Waals surface area contributed by atoms with Crippen LogP contribution in [0, 0.1) is 11.3 Å². The Labute approximate surface area is 123 Å². The molecule has 116 valence electrons. The van der Waals surface area contributed by atoms with Crippen LogP contribution in [0.5, 0.6) is 0 Å². The van der Waals surface area contributed by atoms with E-state index in [0.29, 0.717) is 11.3 Å². The lowest BCUT2D eigenvalue weighted by Crippen LogP contribution is -2.56. The van der Waals surface area contributed by atoms with Crippen molar-refractivity contribution in [1.82, 2.24) is 15.5 Å². The lowest BCUT2D eigenvalue weighted by molar-refractivity contribution is -0.127. The molecule has 2 aliphatic heterocycles. The Morgan fingerprint density at radius 2 is 2.05 bits per heavy atom. The lowest BCUT2D eigenvalue weighted by atomic mass is 9.74. The molecule has 2 rings (SSSR count). The summed E-state index contributed by atoms with van der Waals surface area (Å²) in [7, 11) is 0. The van der Waals surface area contributed by atoms with E-state index in [-0.39, 0.29) is 11.9 Å². The highest BCUT2D eigenvalue weighted by molar-refractivity contribution is 5.81. The van der Waals surface area contributed by atoms with E-state index in [4.69, 9.17) is 0 Å². The average Bonchev–Trinajstić information content (AvgIpc) is 2.44. The molecule has 0 aliphatic carbocycles. The number of hydrogen-bond donors (Lipinski definition) is 2. The van der Waals surface area contributed by atoms with Gasteiger partial charge in [-0.2, -0.15) is 0 Å². The smallest absolute Gasteiger partial charge is 0.237 e. The first-order chi connectivity index (χ1) is 9.52. The molecule has 2 heterocycles. The second-order valence-electron chi connectivity index (χ2n) is 7.17. The number of nitrogens with zero attached hydrogens (tertiary/aromatic N) is 1. The third kappa shape index (κ3) is 3.95. The molecule has 2 aliphatic rings. The molecule has 1 amide bonds. The van der Waals surface area contributed by atoms with Gasteiger partial charge in [0.15, 0.2) is 0 Å². The molecule has 1 spiro atoms. The van der Waals surface area contributed by atoms with Crippen molar-refractivity contribution in [2.75, 3.05) is 32.7 Å². The number of rotatable bonds is 4. The molecule has 2 saturated heterocycles. The van der Waals surface area contributed by atoms with Gasteiger partial charge >= 0.3 is 0 Å². The van der Waals surface area contributed by atoms with Crippen LogP contribution in [-0.2, 0) is 4.79 Å². The van der Waals surface area contributed by atoms with Crippen LogP contribution in [0.1, 0.15) is 46.5 Å². The SMILES string of the molecule is CC(C)CNC(=O)C(C)N1CCCC2(CCCNC2)C1. The van der Waals surface area contributed by atoms with Crippen molar-refractivity contribution in [3.05, 3.63) is 0 Å². The number of piperidine rings is 2. The highest BCUT2D eigenvalue weighted by Crippen LogP contribution is 2.36. The first kappa shape index (κ1) is 15.8. The topological polar surface area (TPSA) is 44.4 Å². The molecule has 20 heavy (non-hydrogen) atoms. The molecular weight excluding hydrogens is 250 g/mol. The Bertz CT molecular complexity index is 318. The molecule has 0 aromatic rings. The highest BCUT2D eigenvalue weighted by atomic mass is 16.2. The highest BCUT2D eigenvalue weighted by Gasteiger charge is 2.38. The summed E-state index contributed by atoms with van der Waals surface area (Å²) in [6.07, 6.45) is 5.14. The summed E-state index contributed by atoms with van der Waals surface area (Å²) in [4.78, 5) is 14.6. The average molecular weight is 281 g/mol. The van der Waals surface area contributed by atoms with Gasteiger partial charge in [0.25, 0.3) is 0 Å². The first-order valence-electron chi connectivity index (χ1n) is 8.25. The van der Waals surface area contributed by atoms with E-state index >= 15 is 0 Å². The fourth-order valence-corrected chi connectivity index (χ4v) is 3.57. The van der Waals surface area contributed by atoms with Crippen LogP contribution in [0.25, 0.3) is 0 Å². The quantitative estimate of drug-likeness (QED) is 0.823. The zero-order valence-corrected chi connectivity index (χ0v) is 13.4. The van der Waals surface area contributed by atoms with E-state index < -0.39 is 0 Å². The molecule has 0 bridgehead atoms. The van der Waals surface area contributed by atoms with Gasteiger partial charge in [0.05, 0.1) is 6.04 Å². The van der Waals surface area contributed by atoms with E-state index in [1.165, 1.54) is 25.7 Å². The van der Waals surface area contributed by atoms with Crippen molar-refractivity contribution >= 4 is 5.91 Å². The van der Waals surface area contributed by atoms with E-state index in [2.05, 4.69) is 36.3 Å². The molecule has 2 atom stereocenters. The summed E-state index contributed by atoms with van der Waals surface area (Å²) in [5.41, 5.74) is 0.420. The third-order valence-corrected chi connectivity index (χ3v) is 4.86. The van der Waals surface area contributed by atoms with Crippen LogP contribution >= 0.6 is 0 Å². The summed E-state index contributed by atoms with van der Waals surface area (Å²) >= 11 is 0. The number of carbonyl (C=O) groups excluding carboxylic acids is 1. The van der Waals surface area contributed by atoms with Crippen molar-refractivity contribution in [2.45, 2.75) is 52.5 Å². The van der Waals surface area contributed by atoms with Crippen LogP contribution in [0.15, 0.2) is 0 Å². The monoisotopic (exact) mass is 281 g/mol. The molecule has 2 unspecified atom stereocenters. The number of likely N-dealkylation sites (tertiary alicyclic amines) is 1. The van der Waals surface area contributed by atoms with Gasteiger partial charge in [-0.05, 0) is 57.0 Å². The fraction of sp³-hybridized carbons (Fsp3) is 0.938. The van der Waals surface area contributed by atoms with Crippen LogP contribution in [-0.4, -0.2) is 49.6 Å². The van der Waals surface area contributed by atoms with E-state index in [9.17, 15) is 4.79 Å². The molecule has 2 N–H and O–H groups in total. The Hall–Kier alpha value is -0.610. The molecular formula is C16H31N3O. The third-order valence-electron chi connectivity index (χ3n) is 4.86. The predicted molar refractivity (Wildman–Crippen MR) is 82.7 cm³/mol. The van der Waals surface area contributed by atoms with Gasteiger partial charge in [-0.25, -0.2) is 0 Å². The number of hydrogen-bond acceptors (Lipinski definition) is 3. The van der Waals surface area contributed by atoms with Crippen molar-refractivity contribution in [3.63, 3.8) is 0 Å². The molecule has 0 aromatic carbocycles. The maximum absolute atomic E-state index is 12.2. The number of nitrogens with one attached hydrogen (secondary N) is 2. The molecule has 0 aromatic heterocycles. The summed E-state index contributed by atoms with van der Waals surface area (Å²) in [5.74, 6) is 0.709. The Morgan fingerprint density at radius 3 is 2.70 bits per heavy atom. The Morgan fingerprint density at radius 1 is 1.30 bits per heavy atom. The minimum Gasteiger partial charge on any atom is -0.354 e. The van der Waals surface area contributed by atoms with Gasteiger partial charge in [0.1, 0.15) is 0 Å². The molecule has 0 radical (unpaired) electrons. The summed E-state index contributed by atoms with van der Waals surface area (Å²) < 4.78 is 0. The normalized spacial score (nSPS) is 29.6. The predicted octanol–water partition coefficient (Wildman–Crippen LogP) is 1.61. The summed E-state index contributed by atoms with van der Waals surface area (Å²) in [6, 6.07) is 0.00727. The molecule has 4 nitrogen and oxygen atoms in total. The number of carbonyl (C=O) groups is 1. The second-order valence-corrected chi connectivity index (χ2v) is 7.17. The van der Waals surface area contributed by atoms with Gasteiger partial charge in [0.2, 0.25) is 5.91 Å². The standard InChI is InChI=1S/C16H31N3O/c1-13(2)10-18-15(20)14(3)19-9-5-7-16(12-19)6-4-8-17-11-16/h13-14,17H,4-12H2,1-3H3,(H,18,20).